The predicted molar refractivity (Wildman–Crippen MR) is 70.2 cm³/mol. The number of rotatable bonds is 4. The first kappa shape index (κ1) is 15.6. The molecule has 1 aromatic carbocycles. The molecule has 7 heteroatoms. The van der Waals surface area contributed by atoms with Crippen molar-refractivity contribution in [2.75, 3.05) is 11.9 Å². The number of carbonyl (C=O) groups is 1. The summed E-state index contributed by atoms with van der Waals surface area (Å²) in [5.74, 6) is -1.58. The average molecular weight is 303 g/mol. The van der Waals surface area contributed by atoms with Crippen molar-refractivity contribution >= 4 is 11.7 Å². The van der Waals surface area contributed by atoms with Crippen LogP contribution in [0.3, 0.4) is 0 Å². The first-order valence-corrected chi connectivity index (χ1v) is 6.65. The zero-order valence-corrected chi connectivity index (χ0v) is 11.2. The minimum Gasteiger partial charge on any atom is -0.478 e. The van der Waals surface area contributed by atoms with Crippen LogP contribution in [-0.2, 0) is 6.18 Å². The van der Waals surface area contributed by atoms with E-state index in [9.17, 15) is 23.1 Å². The Bertz CT molecular complexity index is 531. The number of anilines is 1. The van der Waals surface area contributed by atoms with Crippen molar-refractivity contribution < 1.29 is 28.2 Å². The largest absolute Gasteiger partial charge is 0.478 e. The Hall–Kier alpha value is -1.76. The van der Waals surface area contributed by atoms with Gasteiger partial charge < -0.3 is 15.5 Å². The number of aromatic carboxylic acids is 1. The molecule has 2 rings (SSSR count). The molecular formula is C14H16F3NO3. The van der Waals surface area contributed by atoms with E-state index in [1.807, 2.05) is 0 Å². The molecule has 116 valence electrons. The second-order valence-corrected chi connectivity index (χ2v) is 5.20. The molecule has 0 amide bonds. The van der Waals surface area contributed by atoms with Crippen LogP contribution in [0.4, 0.5) is 18.9 Å². The fourth-order valence-electron chi connectivity index (χ4n) is 2.58. The summed E-state index contributed by atoms with van der Waals surface area (Å²) in [4.78, 5) is 11.0. The van der Waals surface area contributed by atoms with E-state index in [0.717, 1.165) is 31.4 Å². The molecule has 0 saturated heterocycles. The molecule has 1 aromatic rings. The maximum Gasteiger partial charge on any atom is 0.417 e. The number of aliphatic hydroxyl groups is 1. The molecule has 0 aromatic heterocycles. The molecule has 21 heavy (non-hydrogen) atoms. The zero-order chi connectivity index (χ0) is 15.6. The summed E-state index contributed by atoms with van der Waals surface area (Å²) in [6.07, 6.45) is -2.62. The molecule has 1 saturated carbocycles. The van der Waals surface area contributed by atoms with Gasteiger partial charge in [-0.1, -0.05) is 6.42 Å². The zero-order valence-electron chi connectivity index (χ0n) is 11.2. The van der Waals surface area contributed by atoms with Gasteiger partial charge >= 0.3 is 12.1 Å². The van der Waals surface area contributed by atoms with Gasteiger partial charge in [0.25, 0.3) is 0 Å². The average Bonchev–Trinajstić information content (AvgIpc) is 2.80. The molecule has 0 bridgehead atoms. The van der Waals surface area contributed by atoms with E-state index in [1.165, 1.54) is 6.07 Å². The Morgan fingerprint density at radius 1 is 1.33 bits per heavy atom. The van der Waals surface area contributed by atoms with Gasteiger partial charge in [-0.2, -0.15) is 13.2 Å². The lowest BCUT2D eigenvalue weighted by atomic mass is 10.0. The van der Waals surface area contributed by atoms with Gasteiger partial charge in [0.2, 0.25) is 0 Å². The molecule has 0 spiro atoms. The second-order valence-electron chi connectivity index (χ2n) is 5.20. The molecule has 1 aliphatic carbocycles. The Morgan fingerprint density at radius 2 is 2.05 bits per heavy atom. The first-order chi connectivity index (χ1) is 9.79. The summed E-state index contributed by atoms with van der Waals surface area (Å²) in [5, 5.41) is 21.5. The second kappa shape index (κ2) is 5.93. The van der Waals surface area contributed by atoms with Crippen molar-refractivity contribution in [3.63, 3.8) is 0 Å². The van der Waals surface area contributed by atoms with E-state index in [-0.39, 0.29) is 5.92 Å². The summed E-state index contributed by atoms with van der Waals surface area (Å²) in [6, 6.07) is 2.94. The minimum atomic E-state index is -4.70. The van der Waals surface area contributed by atoms with Crippen LogP contribution >= 0.6 is 0 Å². The van der Waals surface area contributed by atoms with Crippen LogP contribution in [-0.4, -0.2) is 28.8 Å². The number of nitrogens with one attached hydrogen (secondary N) is 1. The van der Waals surface area contributed by atoms with Crippen molar-refractivity contribution in [1.82, 2.24) is 0 Å². The quantitative estimate of drug-likeness (QED) is 0.800. The summed E-state index contributed by atoms with van der Waals surface area (Å²) in [7, 11) is 0. The van der Waals surface area contributed by atoms with Crippen LogP contribution in [0.15, 0.2) is 18.2 Å². The van der Waals surface area contributed by atoms with Crippen molar-refractivity contribution in [3.05, 3.63) is 29.3 Å². The fraction of sp³-hybridized carbons (Fsp3) is 0.500. The SMILES string of the molecule is O=C(O)c1cc(NCC2CCCC2O)ccc1C(F)(F)F. The maximum atomic E-state index is 12.7. The third-order valence-corrected chi connectivity index (χ3v) is 3.74. The van der Waals surface area contributed by atoms with Gasteiger partial charge in [-0.05, 0) is 31.0 Å². The third kappa shape index (κ3) is 3.66. The highest BCUT2D eigenvalue weighted by Crippen LogP contribution is 2.33. The standard InChI is InChI=1S/C14H16F3NO3/c15-14(16,17)11-5-4-9(6-10(11)13(20)21)18-7-8-2-1-3-12(8)19/h4-6,8,12,18-19H,1-3,7H2,(H,20,21). The number of carboxylic acid groups (broad SMARTS) is 1. The molecule has 0 radical (unpaired) electrons. The van der Waals surface area contributed by atoms with Gasteiger partial charge in [0.05, 0.1) is 17.2 Å². The highest BCUT2D eigenvalue weighted by atomic mass is 19.4. The van der Waals surface area contributed by atoms with Gasteiger partial charge in [-0.15, -0.1) is 0 Å². The van der Waals surface area contributed by atoms with Gasteiger partial charge in [-0.3, -0.25) is 0 Å². The lowest BCUT2D eigenvalue weighted by Crippen LogP contribution is -2.22. The lowest BCUT2D eigenvalue weighted by molar-refractivity contribution is -0.138. The van der Waals surface area contributed by atoms with Crippen molar-refractivity contribution in [3.8, 4) is 0 Å². The van der Waals surface area contributed by atoms with E-state index >= 15 is 0 Å². The van der Waals surface area contributed by atoms with E-state index < -0.39 is 29.4 Å². The Morgan fingerprint density at radius 3 is 2.57 bits per heavy atom. The minimum absolute atomic E-state index is 0.0422. The highest BCUT2D eigenvalue weighted by molar-refractivity contribution is 5.91. The maximum absolute atomic E-state index is 12.7. The summed E-state index contributed by atoms with van der Waals surface area (Å²) < 4.78 is 38.1. The van der Waals surface area contributed by atoms with Crippen LogP contribution in [0.1, 0.15) is 35.2 Å². The molecule has 0 heterocycles. The van der Waals surface area contributed by atoms with Crippen molar-refractivity contribution in [2.24, 2.45) is 5.92 Å². The number of halogens is 3. The monoisotopic (exact) mass is 303 g/mol. The predicted octanol–water partition coefficient (Wildman–Crippen LogP) is 2.98. The number of benzene rings is 1. The normalized spacial score (nSPS) is 22.3. The van der Waals surface area contributed by atoms with Crippen LogP contribution in [0, 0.1) is 5.92 Å². The van der Waals surface area contributed by atoms with Crippen LogP contribution in [0.25, 0.3) is 0 Å². The van der Waals surface area contributed by atoms with Gasteiger partial charge in [0.15, 0.2) is 0 Å². The number of alkyl halides is 3. The van der Waals surface area contributed by atoms with Crippen molar-refractivity contribution in [2.45, 2.75) is 31.5 Å². The molecule has 1 aliphatic rings. The third-order valence-electron chi connectivity index (χ3n) is 3.74. The molecule has 4 nitrogen and oxygen atoms in total. The smallest absolute Gasteiger partial charge is 0.417 e. The van der Waals surface area contributed by atoms with Gasteiger partial charge in [-0.25, -0.2) is 4.79 Å². The Kier molecular flexibility index (Phi) is 4.41. The van der Waals surface area contributed by atoms with E-state index in [4.69, 9.17) is 5.11 Å². The Balaban J connectivity index is 2.14. The summed E-state index contributed by atoms with van der Waals surface area (Å²) >= 11 is 0. The van der Waals surface area contributed by atoms with E-state index in [0.29, 0.717) is 12.2 Å². The van der Waals surface area contributed by atoms with Gasteiger partial charge in [0, 0.05) is 18.2 Å². The molecule has 2 atom stereocenters. The molecule has 1 fully saturated rings. The lowest BCUT2D eigenvalue weighted by Gasteiger charge is -2.17. The molecule has 3 N–H and O–H groups in total. The fourth-order valence-corrected chi connectivity index (χ4v) is 2.58. The number of hydrogen-bond donors (Lipinski definition) is 3. The van der Waals surface area contributed by atoms with Crippen LogP contribution < -0.4 is 5.32 Å². The molecule has 0 aliphatic heterocycles. The van der Waals surface area contributed by atoms with Crippen LogP contribution in [0.5, 0.6) is 0 Å². The van der Waals surface area contributed by atoms with Crippen molar-refractivity contribution in [1.29, 1.82) is 0 Å². The highest BCUT2D eigenvalue weighted by Gasteiger charge is 2.35. The summed E-state index contributed by atoms with van der Waals surface area (Å²) in [6.45, 7) is 0.408. The molecule has 2 unspecified atom stereocenters. The van der Waals surface area contributed by atoms with E-state index in [1.54, 1.807) is 0 Å². The molecular weight excluding hydrogens is 287 g/mol. The summed E-state index contributed by atoms with van der Waals surface area (Å²) in [5.41, 5.74) is -1.64. The first-order valence-electron chi connectivity index (χ1n) is 6.65. The van der Waals surface area contributed by atoms with Gasteiger partial charge in [0.1, 0.15) is 0 Å². The van der Waals surface area contributed by atoms with E-state index in [2.05, 4.69) is 5.32 Å². The Labute approximate surface area is 119 Å². The number of carboxylic acids is 1. The van der Waals surface area contributed by atoms with Crippen LogP contribution in [0.2, 0.25) is 0 Å². The number of hydrogen-bond acceptors (Lipinski definition) is 3. The topological polar surface area (TPSA) is 69.6 Å². The number of aliphatic hydroxyl groups excluding tert-OH is 1.